The van der Waals surface area contributed by atoms with Gasteiger partial charge in [-0.15, -0.1) is 0 Å². The zero-order valence-corrected chi connectivity index (χ0v) is 14.9. The van der Waals surface area contributed by atoms with E-state index >= 15 is 0 Å². The van der Waals surface area contributed by atoms with Crippen molar-refractivity contribution in [3.8, 4) is 0 Å². The first-order chi connectivity index (χ1) is 11.3. The summed E-state index contributed by atoms with van der Waals surface area (Å²) in [6.45, 7) is 7.92. The summed E-state index contributed by atoms with van der Waals surface area (Å²) < 4.78 is 5.44. The van der Waals surface area contributed by atoms with Gasteiger partial charge in [-0.05, 0) is 59.1 Å². The number of aromatic nitrogens is 1. The SMILES string of the molecule is C[C@@H](NC(=O)[C@H]1CCCCN1C(=O)OC(C)(C)C)c1ccccn1. The molecule has 6 nitrogen and oxygen atoms in total. The van der Waals surface area contributed by atoms with Gasteiger partial charge in [-0.3, -0.25) is 14.7 Å². The zero-order chi connectivity index (χ0) is 17.7. The minimum atomic E-state index is -0.573. The molecule has 2 atom stereocenters. The first kappa shape index (κ1) is 18.2. The number of pyridine rings is 1. The molecular formula is C18H27N3O3. The summed E-state index contributed by atoms with van der Waals surface area (Å²) >= 11 is 0. The second kappa shape index (κ2) is 7.64. The van der Waals surface area contributed by atoms with E-state index in [9.17, 15) is 9.59 Å². The van der Waals surface area contributed by atoms with Gasteiger partial charge in [0.05, 0.1) is 11.7 Å². The van der Waals surface area contributed by atoms with Gasteiger partial charge in [0.1, 0.15) is 11.6 Å². The number of hydrogen-bond donors (Lipinski definition) is 1. The molecular weight excluding hydrogens is 306 g/mol. The molecule has 0 unspecified atom stereocenters. The van der Waals surface area contributed by atoms with Crippen molar-refractivity contribution >= 4 is 12.0 Å². The summed E-state index contributed by atoms with van der Waals surface area (Å²) in [5.41, 5.74) is 0.224. The van der Waals surface area contributed by atoms with Crippen molar-refractivity contribution in [2.45, 2.75) is 64.6 Å². The van der Waals surface area contributed by atoms with Crippen LogP contribution in [0.4, 0.5) is 4.79 Å². The van der Waals surface area contributed by atoms with Crippen molar-refractivity contribution in [1.82, 2.24) is 15.2 Å². The fraction of sp³-hybridized carbons (Fsp3) is 0.611. The summed E-state index contributed by atoms with van der Waals surface area (Å²) in [7, 11) is 0. The van der Waals surface area contributed by atoms with Crippen molar-refractivity contribution in [1.29, 1.82) is 0 Å². The number of hydrogen-bond acceptors (Lipinski definition) is 4. The second-order valence-corrected chi connectivity index (χ2v) is 7.17. The van der Waals surface area contributed by atoms with Crippen LogP contribution in [-0.2, 0) is 9.53 Å². The van der Waals surface area contributed by atoms with E-state index < -0.39 is 17.7 Å². The van der Waals surface area contributed by atoms with Crippen LogP contribution in [0.2, 0.25) is 0 Å². The third-order valence-electron chi connectivity index (χ3n) is 3.92. The van der Waals surface area contributed by atoms with Gasteiger partial charge in [-0.1, -0.05) is 6.07 Å². The number of rotatable bonds is 3. The van der Waals surface area contributed by atoms with E-state index in [1.54, 1.807) is 11.1 Å². The molecule has 0 aliphatic carbocycles. The highest BCUT2D eigenvalue weighted by Gasteiger charge is 2.35. The summed E-state index contributed by atoms with van der Waals surface area (Å²) in [5, 5.41) is 2.96. The zero-order valence-electron chi connectivity index (χ0n) is 14.9. The van der Waals surface area contributed by atoms with Crippen molar-refractivity contribution in [2.24, 2.45) is 0 Å². The van der Waals surface area contributed by atoms with Gasteiger partial charge in [0, 0.05) is 12.7 Å². The molecule has 2 heterocycles. The Morgan fingerprint density at radius 1 is 1.33 bits per heavy atom. The number of piperidine rings is 1. The molecule has 0 radical (unpaired) electrons. The molecule has 132 valence electrons. The predicted molar refractivity (Wildman–Crippen MR) is 91.4 cm³/mol. The average Bonchev–Trinajstić information content (AvgIpc) is 2.54. The monoisotopic (exact) mass is 333 g/mol. The highest BCUT2D eigenvalue weighted by Crippen LogP contribution is 2.21. The van der Waals surface area contributed by atoms with Crippen molar-refractivity contribution in [3.05, 3.63) is 30.1 Å². The quantitative estimate of drug-likeness (QED) is 0.923. The molecule has 2 amide bonds. The van der Waals surface area contributed by atoms with E-state index in [1.165, 1.54) is 0 Å². The lowest BCUT2D eigenvalue weighted by Crippen LogP contribution is -2.53. The number of carbonyl (C=O) groups is 2. The molecule has 1 aromatic heterocycles. The smallest absolute Gasteiger partial charge is 0.410 e. The molecule has 1 fully saturated rings. The number of amides is 2. The van der Waals surface area contributed by atoms with Crippen molar-refractivity contribution in [2.75, 3.05) is 6.54 Å². The maximum absolute atomic E-state index is 12.7. The fourth-order valence-corrected chi connectivity index (χ4v) is 2.76. The lowest BCUT2D eigenvalue weighted by molar-refractivity contribution is -0.128. The van der Waals surface area contributed by atoms with Crippen LogP contribution in [0.1, 0.15) is 58.7 Å². The molecule has 0 saturated carbocycles. The van der Waals surface area contributed by atoms with Gasteiger partial charge >= 0.3 is 6.09 Å². The molecule has 1 aromatic rings. The Kier molecular flexibility index (Phi) is 5.80. The Morgan fingerprint density at radius 2 is 2.08 bits per heavy atom. The Balaban J connectivity index is 2.03. The van der Waals surface area contributed by atoms with Crippen LogP contribution >= 0.6 is 0 Å². The van der Waals surface area contributed by atoms with Gasteiger partial charge in [0.2, 0.25) is 5.91 Å². The van der Waals surface area contributed by atoms with Gasteiger partial charge in [0.25, 0.3) is 0 Å². The second-order valence-electron chi connectivity index (χ2n) is 7.17. The largest absolute Gasteiger partial charge is 0.444 e. The molecule has 2 rings (SSSR count). The highest BCUT2D eigenvalue weighted by molar-refractivity contribution is 5.86. The van der Waals surface area contributed by atoms with E-state index in [1.807, 2.05) is 45.9 Å². The number of likely N-dealkylation sites (tertiary alicyclic amines) is 1. The van der Waals surface area contributed by atoms with Gasteiger partial charge in [0.15, 0.2) is 0 Å². The number of nitrogens with one attached hydrogen (secondary N) is 1. The predicted octanol–water partition coefficient (Wildman–Crippen LogP) is 3.05. The first-order valence-electron chi connectivity index (χ1n) is 8.49. The van der Waals surface area contributed by atoms with Crippen LogP contribution in [-0.4, -0.2) is 40.1 Å². The van der Waals surface area contributed by atoms with E-state index in [0.29, 0.717) is 13.0 Å². The third-order valence-corrected chi connectivity index (χ3v) is 3.92. The summed E-state index contributed by atoms with van der Waals surface area (Å²) in [6.07, 6.45) is 3.74. The Bertz CT molecular complexity index is 569. The number of carbonyl (C=O) groups excluding carboxylic acids is 2. The van der Waals surface area contributed by atoms with E-state index in [2.05, 4.69) is 10.3 Å². The Morgan fingerprint density at radius 3 is 2.71 bits per heavy atom. The van der Waals surface area contributed by atoms with E-state index in [-0.39, 0.29) is 11.9 Å². The standard InChI is InChI=1S/C18H27N3O3/c1-13(14-9-5-7-11-19-14)20-16(22)15-10-6-8-12-21(15)17(23)24-18(2,3)4/h5,7,9,11,13,15H,6,8,10,12H2,1-4H3,(H,20,22)/t13-,15-/m1/s1. The molecule has 1 aliphatic rings. The lowest BCUT2D eigenvalue weighted by atomic mass is 10.0. The van der Waals surface area contributed by atoms with Crippen LogP contribution in [0.15, 0.2) is 24.4 Å². The van der Waals surface area contributed by atoms with Crippen LogP contribution in [0.25, 0.3) is 0 Å². The molecule has 0 aromatic carbocycles. The molecule has 0 bridgehead atoms. The maximum atomic E-state index is 12.7. The third kappa shape index (κ3) is 4.94. The summed E-state index contributed by atoms with van der Waals surface area (Å²) in [4.78, 5) is 30.9. The Hall–Kier alpha value is -2.11. The Labute approximate surface area is 143 Å². The van der Waals surface area contributed by atoms with Crippen molar-refractivity contribution in [3.63, 3.8) is 0 Å². The van der Waals surface area contributed by atoms with Crippen LogP contribution in [0.3, 0.4) is 0 Å². The number of ether oxygens (including phenoxy) is 1. The number of nitrogens with zero attached hydrogens (tertiary/aromatic N) is 2. The first-order valence-corrected chi connectivity index (χ1v) is 8.49. The van der Waals surface area contributed by atoms with Gasteiger partial charge < -0.3 is 10.1 Å². The highest BCUT2D eigenvalue weighted by atomic mass is 16.6. The molecule has 1 saturated heterocycles. The van der Waals surface area contributed by atoms with Gasteiger partial charge in [-0.25, -0.2) is 4.79 Å². The average molecular weight is 333 g/mol. The van der Waals surface area contributed by atoms with E-state index in [0.717, 1.165) is 18.5 Å². The lowest BCUT2D eigenvalue weighted by Gasteiger charge is -2.36. The maximum Gasteiger partial charge on any atom is 0.410 e. The summed E-state index contributed by atoms with van der Waals surface area (Å²) in [6, 6.07) is 4.90. The topological polar surface area (TPSA) is 71.5 Å². The van der Waals surface area contributed by atoms with Crippen molar-refractivity contribution < 1.29 is 14.3 Å². The molecule has 1 aliphatic heterocycles. The normalized spacial score (nSPS) is 19.5. The minimum absolute atomic E-state index is 0.154. The van der Waals surface area contributed by atoms with Crippen LogP contribution < -0.4 is 5.32 Å². The fourth-order valence-electron chi connectivity index (χ4n) is 2.76. The summed E-state index contributed by atoms with van der Waals surface area (Å²) in [5.74, 6) is -0.154. The minimum Gasteiger partial charge on any atom is -0.444 e. The van der Waals surface area contributed by atoms with Gasteiger partial charge in [-0.2, -0.15) is 0 Å². The molecule has 0 spiro atoms. The molecule has 24 heavy (non-hydrogen) atoms. The van der Waals surface area contributed by atoms with Crippen LogP contribution in [0, 0.1) is 0 Å². The van der Waals surface area contributed by atoms with E-state index in [4.69, 9.17) is 4.74 Å². The molecule has 6 heteroatoms. The molecule has 1 N–H and O–H groups in total. The van der Waals surface area contributed by atoms with Crippen LogP contribution in [0.5, 0.6) is 0 Å².